The van der Waals surface area contributed by atoms with Crippen molar-refractivity contribution < 1.29 is 17.9 Å². The highest BCUT2D eigenvalue weighted by molar-refractivity contribution is 7.89. The lowest BCUT2D eigenvalue weighted by atomic mass is 10.0. The predicted octanol–water partition coefficient (Wildman–Crippen LogP) is 3.63. The van der Waals surface area contributed by atoms with E-state index in [1.54, 1.807) is 24.3 Å². The van der Waals surface area contributed by atoms with E-state index in [-0.39, 0.29) is 16.7 Å². The van der Waals surface area contributed by atoms with Crippen LogP contribution in [0.2, 0.25) is 0 Å². The van der Waals surface area contributed by atoms with Gasteiger partial charge in [0.05, 0.1) is 29.2 Å². The average Bonchev–Trinajstić information content (AvgIpc) is 2.79. The van der Waals surface area contributed by atoms with E-state index in [4.69, 9.17) is 4.74 Å². The van der Waals surface area contributed by atoms with Crippen LogP contribution in [0.5, 0.6) is 0 Å². The molecular formula is C23H25N3O4S. The fourth-order valence-corrected chi connectivity index (χ4v) is 5.00. The maximum Gasteiger partial charge on any atom is 0.256 e. The van der Waals surface area contributed by atoms with Gasteiger partial charge in [-0.3, -0.25) is 9.78 Å². The van der Waals surface area contributed by atoms with Crippen LogP contribution in [0.4, 0.5) is 5.69 Å². The fourth-order valence-electron chi connectivity index (χ4n) is 3.55. The predicted molar refractivity (Wildman–Crippen MR) is 120 cm³/mol. The second-order valence-corrected chi connectivity index (χ2v) is 9.70. The summed E-state index contributed by atoms with van der Waals surface area (Å²) in [5.74, 6) is -0.139. The van der Waals surface area contributed by atoms with E-state index in [0.717, 1.165) is 16.6 Å². The van der Waals surface area contributed by atoms with E-state index in [0.29, 0.717) is 37.6 Å². The molecule has 0 saturated carbocycles. The van der Waals surface area contributed by atoms with Gasteiger partial charge in [0.2, 0.25) is 10.0 Å². The minimum Gasteiger partial charge on any atom is -0.379 e. The SMILES string of the molecule is CC(C)c1cc(C(=O)Nc2cccc(S(=O)(=O)N3CCOCC3)c2)c2ccccc2n1. The quantitative estimate of drug-likeness (QED) is 0.656. The summed E-state index contributed by atoms with van der Waals surface area (Å²) < 4.78 is 32.5. The number of amides is 1. The third kappa shape index (κ3) is 4.46. The Kier molecular flexibility index (Phi) is 6.04. The Labute approximate surface area is 182 Å². The second-order valence-electron chi connectivity index (χ2n) is 7.76. The highest BCUT2D eigenvalue weighted by Crippen LogP contribution is 2.25. The number of carbonyl (C=O) groups excluding carboxylic acids is 1. The number of pyridine rings is 1. The molecule has 0 bridgehead atoms. The monoisotopic (exact) mass is 439 g/mol. The number of fused-ring (bicyclic) bond motifs is 1. The Morgan fingerprint density at radius 2 is 1.81 bits per heavy atom. The summed E-state index contributed by atoms with van der Waals surface area (Å²) in [4.78, 5) is 17.9. The molecule has 0 aliphatic carbocycles. The fraction of sp³-hybridized carbons (Fsp3) is 0.304. The minimum atomic E-state index is -3.65. The van der Waals surface area contributed by atoms with Crippen molar-refractivity contribution in [2.24, 2.45) is 0 Å². The Balaban J connectivity index is 1.65. The van der Waals surface area contributed by atoms with Crippen molar-refractivity contribution in [2.45, 2.75) is 24.7 Å². The third-order valence-electron chi connectivity index (χ3n) is 5.27. The van der Waals surface area contributed by atoms with Gasteiger partial charge in [0.1, 0.15) is 0 Å². The number of morpholine rings is 1. The Hall–Kier alpha value is -2.81. The molecule has 1 aromatic heterocycles. The summed E-state index contributed by atoms with van der Waals surface area (Å²) in [6, 6.07) is 15.7. The number of hydrogen-bond acceptors (Lipinski definition) is 5. The number of hydrogen-bond donors (Lipinski definition) is 1. The molecule has 0 unspecified atom stereocenters. The molecule has 4 rings (SSSR count). The largest absolute Gasteiger partial charge is 0.379 e. The molecule has 162 valence electrons. The Morgan fingerprint density at radius 1 is 1.06 bits per heavy atom. The van der Waals surface area contributed by atoms with Crippen LogP contribution in [0.3, 0.4) is 0 Å². The average molecular weight is 440 g/mol. The minimum absolute atomic E-state index is 0.148. The van der Waals surface area contributed by atoms with Gasteiger partial charge in [0.25, 0.3) is 5.91 Å². The molecule has 1 fully saturated rings. The van der Waals surface area contributed by atoms with Crippen molar-refractivity contribution in [3.8, 4) is 0 Å². The molecular weight excluding hydrogens is 414 g/mol. The number of benzene rings is 2. The first kappa shape index (κ1) is 21.4. The van der Waals surface area contributed by atoms with E-state index in [9.17, 15) is 13.2 Å². The van der Waals surface area contributed by atoms with E-state index in [2.05, 4.69) is 10.3 Å². The van der Waals surface area contributed by atoms with E-state index >= 15 is 0 Å². The zero-order valence-corrected chi connectivity index (χ0v) is 18.4. The topological polar surface area (TPSA) is 88.6 Å². The molecule has 0 radical (unpaired) electrons. The number of rotatable bonds is 5. The van der Waals surface area contributed by atoms with Crippen molar-refractivity contribution in [3.63, 3.8) is 0 Å². The third-order valence-corrected chi connectivity index (χ3v) is 7.17. The van der Waals surface area contributed by atoms with Gasteiger partial charge < -0.3 is 10.1 Å². The van der Waals surface area contributed by atoms with E-state index in [1.165, 1.54) is 10.4 Å². The maximum absolute atomic E-state index is 13.2. The normalized spacial score (nSPS) is 15.3. The Bertz CT molecular complexity index is 1220. The molecule has 1 saturated heterocycles. The number of sulfonamides is 1. The van der Waals surface area contributed by atoms with Crippen LogP contribution >= 0.6 is 0 Å². The van der Waals surface area contributed by atoms with Crippen LogP contribution in [0.15, 0.2) is 59.5 Å². The highest BCUT2D eigenvalue weighted by atomic mass is 32.2. The zero-order chi connectivity index (χ0) is 22.0. The molecule has 7 nitrogen and oxygen atoms in total. The number of nitrogens with one attached hydrogen (secondary N) is 1. The Morgan fingerprint density at radius 3 is 2.55 bits per heavy atom. The first-order chi connectivity index (χ1) is 14.9. The van der Waals surface area contributed by atoms with Crippen molar-refractivity contribution in [2.75, 3.05) is 31.6 Å². The number of aromatic nitrogens is 1. The highest BCUT2D eigenvalue weighted by Gasteiger charge is 2.26. The molecule has 0 spiro atoms. The smallest absolute Gasteiger partial charge is 0.256 e. The van der Waals surface area contributed by atoms with Crippen molar-refractivity contribution in [1.29, 1.82) is 0 Å². The summed E-state index contributed by atoms with van der Waals surface area (Å²) in [5.41, 5.74) is 2.51. The van der Waals surface area contributed by atoms with Crippen LogP contribution in [0.25, 0.3) is 10.9 Å². The van der Waals surface area contributed by atoms with Crippen LogP contribution in [-0.4, -0.2) is 49.9 Å². The summed E-state index contributed by atoms with van der Waals surface area (Å²) in [6.45, 7) is 5.45. The molecule has 8 heteroatoms. The number of para-hydroxylation sites is 1. The molecule has 31 heavy (non-hydrogen) atoms. The molecule has 1 N–H and O–H groups in total. The number of carbonyl (C=O) groups is 1. The summed E-state index contributed by atoms with van der Waals surface area (Å²) in [5, 5.41) is 3.61. The van der Waals surface area contributed by atoms with Crippen molar-refractivity contribution in [1.82, 2.24) is 9.29 Å². The van der Waals surface area contributed by atoms with Gasteiger partial charge in [-0.1, -0.05) is 38.1 Å². The lowest BCUT2D eigenvalue weighted by Crippen LogP contribution is -2.40. The van der Waals surface area contributed by atoms with E-state index in [1.807, 2.05) is 38.1 Å². The van der Waals surface area contributed by atoms with Crippen LogP contribution < -0.4 is 5.32 Å². The first-order valence-corrected chi connectivity index (χ1v) is 11.7. The summed E-state index contributed by atoms with van der Waals surface area (Å²) >= 11 is 0. The van der Waals surface area contributed by atoms with Crippen LogP contribution in [0, 0.1) is 0 Å². The van der Waals surface area contributed by atoms with Gasteiger partial charge in [-0.2, -0.15) is 4.31 Å². The van der Waals surface area contributed by atoms with Gasteiger partial charge in [0.15, 0.2) is 0 Å². The molecule has 1 aliphatic heterocycles. The number of ether oxygens (including phenoxy) is 1. The van der Waals surface area contributed by atoms with Gasteiger partial charge >= 0.3 is 0 Å². The van der Waals surface area contributed by atoms with Crippen LogP contribution in [0.1, 0.15) is 35.8 Å². The second kappa shape index (κ2) is 8.74. The molecule has 3 aromatic rings. The lowest BCUT2D eigenvalue weighted by Gasteiger charge is -2.26. The number of nitrogens with zero attached hydrogens (tertiary/aromatic N) is 2. The van der Waals surface area contributed by atoms with Crippen molar-refractivity contribution in [3.05, 3.63) is 65.9 Å². The van der Waals surface area contributed by atoms with E-state index < -0.39 is 10.0 Å². The first-order valence-electron chi connectivity index (χ1n) is 10.3. The maximum atomic E-state index is 13.2. The van der Waals surface area contributed by atoms with Crippen LogP contribution in [-0.2, 0) is 14.8 Å². The molecule has 2 aromatic carbocycles. The summed E-state index contributed by atoms with van der Waals surface area (Å²) in [6.07, 6.45) is 0. The number of anilines is 1. The lowest BCUT2D eigenvalue weighted by molar-refractivity contribution is 0.0730. The van der Waals surface area contributed by atoms with Gasteiger partial charge in [-0.25, -0.2) is 8.42 Å². The molecule has 2 heterocycles. The molecule has 1 aliphatic rings. The van der Waals surface area contributed by atoms with Gasteiger partial charge in [0, 0.05) is 29.9 Å². The summed E-state index contributed by atoms with van der Waals surface area (Å²) in [7, 11) is -3.65. The standard InChI is InChI=1S/C23H25N3O4S/c1-16(2)22-15-20(19-8-3-4-9-21(19)25-22)23(27)24-17-6-5-7-18(14-17)31(28,29)26-10-12-30-13-11-26/h3-9,14-16H,10-13H2,1-2H3,(H,24,27). The van der Waals surface area contributed by atoms with Crippen molar-refractivity contribution >= 4 is 32.5 Å². The molecule has 0 atom stereocenters. The molecule has 1 amide bonds. The van der Waals surface area contributed by atoms with Gasteiger partial charge in [-0.15, -0.1) is 0 Å². The zero-order valence-electron chi connectivity index (χ0n) is 17.5. The van der Waals surface area contributed by atoms with Gasteiger partial charge in [-0.05, 0) is 36.2 Å².